The fourth-order valence-electron chi connectivity index (χ4n) is 2.22. The molecule has 1 aromatic carbocycles. The third kappa shape index (κ3) is 4.36. The molecule has 2 N–H and O–H groups in total. The molecular formula is C17H21NO4. The summed E-state index contributed by atoms with van der Waals surface area (Å²) in [6, 6.07) is 10.6. The van der Waals surface area contributed by atoms with Gasteiger partial charge in [0.15, 0.2) is 0 Å². The number of para-hydroxylation sites is 1. The Morgan fingerprint density at radius 3 is 2.82 bits per heavy atom. The molecule has 0 saturated carbocycles. The van der Waals surface area contributed by atoms with Crippen LogP contribution in [0.15, 0.2) is 47.1 Å². The molecular weight excluding hydrogens is 282 g/mol. The molecule has 118 valence electrons. The van der Waals surface area contributed by atoms with E-state index in [0.717, 1.165) is 11.3 Å². The van der Waals surface area contributed by atoms with Gasteiger partial charge in [0.05, 0.1) is 19.5 Å². The minimum Gasteiger partial charge on any atom is -0.494 e. The van der Waals surface area contributed by atoms with Crippen LogP contribution >= 0.6 is 0 Å². The first kappa shape index (κ1) is 16.1. The van der Waals surface area contributed by atoms with Crippen LogP contribution in [0.4, 0.5) is 0 Å². The number of aliphatic hydroxyl groups is 1. The topological polar surface area (TPSA) is 71.7 Å². The predicted molar refractivity (Wildman–Crippen MR) is 82.6 cm³/mol. The Morgan fingerprint density at radius 2 is 2.14 bits per heavy atom. The van der Waals surface area contributed by atoms with Gasteiger partial charge in [0.1, 0.15) is 17.6 Å². The SMILES string of the molecule is CCOc1ccccc1CCC(=O)NC(CO)c1ccco1. The summed E-state index contributed by atoms with van der Waals surface area (Å²) in [6.45, 7) is 2.32. The number of rotatable bonds is 8. The zero-order chi connectivity index (χ0) is 15.8. The lowest BCUT2D eigenvalue weighted by Crippen LogP contribution is -2.30. The molecule has 0 aliphatic rings. The number of amides is 1. The van der Waals surface area contributed by atoms with Crippen molar-refractivity contribution in [1.82, 2.24) is 5.32 Å². The number of benzene rings is 1. The second-order valence-electron chi connectivity index (χ2n) is 4.86. The van der Waals surface area contributed by atoms with E-state index in [9.17, 15) is 9.90 Å². The third-order valence-corrected chi connectivity index (χ3v) is 3.30. The molecule has 0 aliphatic heterocycles. The van der Waals surface area contributed by atoms with Crippen molar-refractivity contribution in [3.8, 4) is 5.75 Å². The zero-order valence-electron chi connectivity index (χ0n) is 12.6. The van der Waals surface area contributed by atoms with Crippen LogP contribution in [0.2, 0.25) is 0 Å². The van der Waals surface area contributed by atoms with E-state index >= 15 is 0 Å². The van der Waals surface area contributed by atoms with Crippen LogP contribution in [0.3, 0.4) is 0 Å². The molecule has 1 aromatic heterocycles. The molecule has 0 aliphatic carbocycles. The van der Waals surface area contributed by atoms with Crippen LogP contribution in [-0.4, -0.2) is 24.2 Å². The quantitative estimate of drug-likeness (QED) is 0.786. The summed E-state index contributed by atoms with van der Waals surface area (Å²) in [5, 5.41) is 12.1. The van der Waals surface area contributed by atoms with Gasteiger partial charge in [0.2, 0.25) is 5.91 Å². The Kier molecular flexibility index (Phi) is 6.03. The number of furan rings is 1. The monoisotopic (exact) mass is 303 g/mol. The van der Waals surface area contributed by atoms with Gasteiger partial charge in [-0.15, -0.1) is 0 Å². The van der Waals surface area contributed by atoms with E-state index in [1.807, 2.05) is 31.2 Å². The lowest BCUT2D eigenvalue weighted by molar-refractivity contribution is -0.122. The highest BCUT2D eigenvalue weighted by Crippen LogP contribution is 2.20. The molecule has 1 atom stereocenters. The maximum Gasteiger partial charge on any atom is 0.220 e. The lowest BCUT2D eigenvalue weighted by atomic mass is 10.1. The van der Waals surface area contributed by atoms with E-state index in [1.54, 1.807) is 12.1 Å². The summed E-state index contributed by atoms with van der Waals surface area (Å²) in [4.78, 5) is 12.0. The van der Waals surface area contributed by atoms with Crippen molar-refractivity contribution in [3.63, 3.8) is 0 Å². The fourth-order valence-corrected chi connectivity index (χ4v) is 2.22. The molecule has 5 nitrogen and oxygen atoms in total. The van der Waals surface area contributed by atoms with Gasteiger partial charge in [-0.05, 0) is 37.1 Å². The van der Waals surface area contributed by atoms with Gasteiger partial charge in [-0.3, -0.25) is 4.79 Å². The van der Waals surface area contributed by atoms with E-state index in [4.69, 9.17) is 9.15 Å². The van der Waals surface area contributed by atoms with Gasteiger partial charge in [-0.1, -0.05) is 18.2 Å². The molecule has 5 heteroatoms. The first-order valence-corrected chi connectivity index (χ1v) is 7.39. The Morgan fingerprint density at radius 1 is 1.32 bits per heavy atom. The maximum atomic E-state index is 12.0. The Bertz CT molecular complexity index is 580. The normalized spacial score (nSPS) is 11.9. The Labute approximate surface area is 129 Å². The van der Waals surface area contributed by atoms with Crippen molar-refractivity contribution in [2.75, 3.05) is 13.2 Å². The van der Waals surface area contributed by atoms with E-state index < -0.39 is 6.04 Å². The standard InChI is InChI=1S/C17H21NO4/c1-2-21-15-7-4-3-6-13(15)9-10-17(20)18-14(12-19)16-8-5-11-22-16/h3-8,11,14,19H,2,9-10,12H2,1H3,(H,18,20). The van der Waals surface area contributed by atoms with Crippen LogP contribution in [0.1, 0.15) is 30.7 Å². The number of hydrogen-bond acceptors (Lipinski definition) is 4. The van der Waals surface area contributed by atoms with Gasteiger partial charge >= 0.3 is 0 Å². The Balaban J connectivity index is 1.90. The molecule has 1 unspecified atom stereocenters. The number of aryl methyl sites for hydroxylation is 1. The van der Waals surface area contributed by atoms with Crippen molar-refractivity contribution in [2.24, 2.45) is 0 Å². The summed E-state index contributed by atoms with van der Waals surface area (Å²) in [6.07, 6.45) is 2.42. The average Bonchev–Trinajstić information content (AvgIpc) is 3.06. The first-order valence-electron chi connectivity index (χ1n) is 7.39. The van der Waals surface area contributed by atoms with Crippen LogP contribution in [-0.2, 0) is 11.2 Å². The third-order valence-electron chi connectivity index (χ3n) is 3.30. The second kappa shape index (κ2) is 8.24. The smallest absolute Gasteiger partial charge is 0.220 e. The van der Waals surface area contributed by atoms with Crippen LogP contribution in [0.5, 0.6) is 5.75 Å². The first-order chi connectivity index (χ1) is 10.7. The van der Waals surface area contributed by atoms with Gasteiger partial charge in [0, 0.05) is 6.42 Å². The van der Waals surface area contributed by atoms with Crippen LogP contribution in [0.25, 0.3) is 0 Å². The number of carbonyl (C=O) groups excluding carboxylic acids is 1. The second-order valence-corrected chi connectivity index (χ2v) is 4.86. The number of aliphatic hydroxyl groups excluding tert-OH is 1. The average molecular weight is 303 g/mol. The van der Waals surface area contributed by atoms with Crippen LogP contribution < -0.4 is 10.1 Å². The summed E-state index contributed by atoms with van der Waals surface area (Å²) < 4.78 is 10.8. The number of ether oxygens (including phenoxy) is 1. The van der Waals surface area contributed by atoms with E-state index in [2.05, 4.69) is 5.32 Å². The Hall–Kier alpha value is -2.27. The molecule has 0 bridgehead atoms. The highest BCUT2D eigenvalue weighted by Gasteiger charge is 2.16. The molecule has 22 heavy (non-hydrogen) atoms. The van der Waals surface area contributed by atoms with Crippen molar-refractivity contribution < 1.29 is 19.1 Å². The molecule has 0 spiro atoms. The number of carbonyl (C=O) groups is 1. The molecule has 0 saturated heterocycles. The highest BCUT2D eigenvalue weighted by atomic mass is 16.5. The molecule has 1 amide bonds. The number of hydrogen-bond donors (Lipinski definition) is 2. The zero-order valence-corrected chi connectivity index (χ0v) is 12.6. The van der Waals surface area contributed by atoms with E-state index in [1.165, 1.54) is 6.26 Å². The molecule has 0 radical (unpaired) electrons. The fraction of sp³-hybridized carbons (Fsp3) is 0.353. The molecule has 0 fully saturated rings. The summed E-state index contributed by atoms with van der Waals surface area (Å²) in [5.41, 5.74) is 0.998. The summed E-state index contributed by atoms with van der Waals surface area (Å²) >= 11 is 0. The van der Waals surface area contributed by atoms with E-state index in [0.29, 0.717) is 25.2 Å². The van der Waals surface area contributed by atoms with Crippen molar-refractivity contribution >= 4 is 5.91 Å². The minimum atomic E-state index is -0.510. The van der Waals surface area contributed by atoms with E-state index in [-0.39, 0.29) is 12.5 Å². The van der Waals surface area contributed by atoms with Crippen LogP contribution in [0, 0.1) is 0 Å². The van der Waals surface area contributed by atoms with Crippen molar-refractivity contribution in [1.29, 1.82) is 0 Å². The van der Waals surface area contributed by atoms with Gasteiger partial charge in [-0.2, -0.15) is 0 Å². The molecule has 1 heterocycles. The highest BCUT2D eigenvalue weighted by molar-refractivity contribution is 5.76. The summed E-state index contributed by atoms with van der Waals surface area (Å²) in [5.74, 6) is 1.22. The largest absolute Gasteiger partial charge is 0.494 e. The van der Waals surface area contributed by atoms with Crippen molar-refractivity contribution in [2.45, 2.75) is 25.8 Å². The lowest BCUT2D eigenvalue weighted by Gasteiger charge is -2.14. The van der Waals surface area contributed by atoms with Gasteiger partial charge in [-0.25, -0.2) is 0 Å². The maximum absolute atomic E-state index is 12.0. The van der Waals surface area contributed by atoms with Gasteiger partial charge in [0.25, 0.3) is 0 Å². The summed E-state index contributed by atoms with van der Waals surface area (Å²) in [7, 11) is 0. The minimum absolute atomic E-state index is 0.137. The molecule has 2 aromatic rings. The predicted octanol–water partition coefficient (Wildman–Crippen LogP) is 2.46. The molecule has 2 rings (SSSR count). The van der Waals surface area contributed by atoms with Gasteiger partial charge < -0.3 is 19.6 Å². The number of nitrogens with one attached hydrogen (secondary N) is 1. The van der Waals surface area contributed by atoms with Crippen molar-refractivity contribution in [3.05, 3.63) is 54.0 Å².